The van der Waals surface area contributed by atoms with Gasteiger partial charge in [-0.2, -0.15) is 0 Å². The van der Waals surface area contributed by atoms with Gasteiger partial charge in [-0.25, -0.2) is 0 Å². The van der Waals surface area contributed by atoms with Crippen molar-refractivity contribution in [3.63, 3.8) is 0 Å². The Morgan fingerprint density at radius 3 is 2.38 bits per heavy atom. The van der Waals surface area contributed by atoms with Gasteiger partial charge >= 0.3 is 0 Å². The van der Waals surface area contributed by atoms with Gasteiger partial charge in [-0.15, -0.1) is 6.58 Å². The topological polar surface area (TPSA) is 179 Å². The van der Waals surface area contributed by atoms with Crippen molar-refractivity contribution in [3.8, 4) is 23.0 Å². The first kappa shape index (κ1) is 48.6. The first-order valence-electron chi connectivity index (χ1n) is 22.6. The molecule has 6 atom stereocenters. The van der Waals surface area contributed by atoms with Crippen LogP contribution in [0.2, 0.25) is 0 Å². The Kier molecular flexibility index (Phi) is 16.4. The summed E-state index contributed by atoms with van der Waals surface area (Å²) in [6, 6.07) is 16.0. The number of nitro benzene ring substituents is 1. The number of hydrogen-bond acceptors (Lipinski definition) is 12. The lowest BCUT2D eigenvalue weighted by Crippen LogP contribution is -2.70. The molecule has 3 aromatic rings. The summed E-state index contributed by atoms with van der Waals surface area (Å²) in [5.41, 5.74) is 2.73. The van der Waals surface area contributed by atoms with Gasteiger partial charge in [0.25, 0.3) is 5.69 Å². The van der Waals surface area contributed by atoms with Crippen LogP contribution in [0.15, 0.2) is 96.2 Å². The average molecular weight is 894 g/mol. The summed E-state index contributed by atoms with van der Waals surface area (Å²) in [6.07, 6.45) is 13.0. The quantitative estimate of drug-likeness (QED) is 0.0245. The summed E-state index contributed by atoms with van der Waals surface area (Å²) in [4.78, 5) is 45.6. The highest BCUT2D eigenvalue weighted by molar-refractivity contribution is 6.03. The number of nitro groups is 1. The fourth-order valence-corrected chi connectivity index (χ4v) is 9.54. The molecule has 1 heterocycles. The number of aldehydes is 1. The molecule has 1 fully saturated rings. The molecule has 0 unspecified atom stereocenters. The predicted octanol–water partition coefficient (Wildman–Crippen LogP) is 9.59. The van der Waals surface area contributed by atoms with Gasteiger partial charge in [0.05, 0.1) is 35.8 Å². The number of aliphatic hydroxyl groups excluding tert-OH is 2. The lowest BCUT2D eigenvalue weighted by atomic mass is 9.55. The second kappa shape index (κ2) is 21.9. The summed E-state index contributed by atoms with van der Waals surface area (Å²) >= 11 is 0. The number of hydrogen-bond donors (Lipinski definition) is 2. The zero-order valence-electron chi connectivity index (χ0n) is 38.1. The number of fused-ring (bicyclic) bond motifs is 2. The molecule has 1 aliphatic heterocycles. The van der Waals surface area contributed by atoms with E-state index in [1.54, 1.807) is 47.4 Å². The Balaban J connectivity index is 1.57. The van der Waals surface area contributed by atoms with E-state index in [9.17, 15) is 29.9 Å². The van der Waals surface area contributed by atoms with Gasteiger partial charge in [0.15, 0.2) is 6.29 Å². The smallest absolute Gasteiger partial charge is 0.269 e. The van der Waals surface area contributed by atoms with Gasteiger partial charge < -0.3 is 38.9 Å². The first-order valence-corrected chi connectivity index (χ1v) is 22.6. The summed E-state index contributed by atoms with van der Waals surface area (Å²) in [7, 11) is 1.50. The normalized spacial score (nSPS) is 22.8. The fraction of sp³-hybridized carbons (Fsp3) is 0.471. The van der Waals surface area contributed by atoms with Gasteiger partial charge in [0.1, 0.15) is 34.6 Å². The number of non-ortho nitro benzene ring substituents is 1. The molecule has 2 N–H and O–H groups in total. The van der Waals surface area contributed by atoms with Crippen LogP contribution in [-0.4, -0.2) is 88.8 Å². The summed E-state index contributed by atoms with van der Waals surface area (Å²) in [5.74, 6) is -0.621. The number of allylic oxidation sites excluding steroid dienone is 1. The standard InChI is InChI=1S/C51H63N3O11/c1-7-25-53(47(58)24-17-34-15-18-37(19-16-34)54(59)60)46-32-43(52-65-50(3,4)5)41-30-35(13-9-11-26-55)40(14-10-12-27-56)48-42-31-39(63-38-20-22-44(61-6)36(29-38)33-57)21-23-45(42)64-51(46,49(41)48)62-28-8-2/h8,15-24,29-31,33,35,40,46,48-49,55-56H,2,7,9-14,25-28,32H2,1,3-6H3/t35-,40+,46-,48+,49+,51+/m0/s1. The number of benzene rings is 3. The molecular weight excluding hydrogens is 831 g/mol. The molecule has 14 nitrogen and oxygen atoms in total. The van der Waals surface area contributed by atoms with Gasteiger partial charge in [0, 0.05) is 55.9 Å². The minimum atomic E-state index is -1.47. The predicted molar refractivity (Wildman–Crippen MR) is 248 cm³/mol. The average Bonchev–Trinajstić information content (AvgIpc) is 3.29. The van der Waals surface area contributed by atoms with Gasteiger partial charge in [-0.1, -0.05) is 37.1 Å². The molecule has 6 rings (SSSR count). The van der Waals surface area contributed by atoms with Crippen molar-refractivity contribution >= 4 is 29.7 Å². The number of amides is 1. The van der Waals surface area contributed by atoms with Crippen molar-refractivity contribution in [1.82, 2.24) is 4.90 Å². The van der Waals surface area contributed by atoms with Crippen LogP contribution in [0.4, 0.5) is 5.69 Å². The molecular formula is C51H63N3O11. The Bertz CT molecular complexity index is 2250. The molecule has 0 bridgehead atoms. The van der Waals surface area contributed by atoms with Crippen molar-refractivity contribution in [3.05, 3.63) is 118 Å². The Labute approximate surface area is 381 Å². The van der Waals surface area contributed by atoms with E-state index in [4.69, 9.17) is 28.9 Å². The van der Waals surface area contributed by atoms with Crippen LogP contribution in [0.1, 0.15) is 106 Å². The molecule has 0 saturated heterocycles. The molecule has 2 aliphatic carbocycles. The summed E-state index contributed by atoms with van der Waals surface area (Å²) < 4.78 is 26.2. The van der Waals surface area contributed by atoms with Crippen molar-refractivity contribution in [2.75, 3.05) is 33.5 Å². The number of ether oxygens (including phenoxy) is 4. The third-order valence-electron chi connectivity index (χ3n) is 12.3. The highest BCUT2D eigenvalue weighted by Gasteiger charge is 2.65. The van der Waals surface area contributed by atoms with Crippen LogP contribution in [-0.2, 0) is 14.4 Å². The summed E-state index contributed by atoms with van der Waals surface area (Å²) in [6.45, 7) is 12.4. The molecule has 3 aliphatic rings. The molecule has 1 amide bonds. The molecule has 0 aromatic heterocycles. The van der Waals surface area contributed by atoms with E-state index in [1.165, 1.54) is 25.3 Å². The third kappa shape index (κ3) is 11.2. The van der Waals surface area contributed by atoms with E-state index < -0.39 is 28.3 Å². The number of unbranched alkanes of at least 4 members (excludes halogenated alkanes) is 2. The van der Waals surface area contributed by atoms with E-state index in [0.29, 0.717) is 65.6 Å². The molecule has 348 valence electrons. The highest BCUT2D eigenvalue weighted by Crippen LogP contribution is 2.62. The Morgan fingerprint density at radius 2 is 1.74 bits per heavy atom. The Morgan fingerprint density at radius 1 is 1.03 bits per heavy atom. The maximum Gasteiger partial charge on any atom is 0.269 e. The van der Waals surface area contributed by atoms with E-state index in [2.05, 4.69) is 12.7 Å². The van der Waals surface area contributed by atoms with Gasteiger partial charge in [0.2, 0.25) is 11.7 Å². The van der Waals surface area contributed by atoms with Crippen molar-refractivity contribution in [2.24, 2.45) is 22.9 Å². The van der Waals surface area contributed by atoms with Gasteiger partial charge in [-0.3, -0.25) is 19.7 Å². The largest absolute Gasteiger partial charge is 0.496 e. The Hall–Kier alpha value is -5.83. The van der Waals surface area contributed by atoms with E-state index in [-0.39, 0.29) is 55.6 Å². The van der Waals surface area contributed by atoms with Crippen LogP contribution in [0, 0.1) is 27.9 Å². The zero-order chi connectivity index (χ0) is 46.7. The lowest BCUT2D eigenvalue weighted by Gasteiger charge is -2.60. The zero-order valence-corrected chi connectivity index (χ0v) is 38.1. The molecule has 3 aromatic carbocycles. The number of carbonyl (C=O) groups is 2. The maximum atomic E-state index is 14.8. The van der Waals surface area contributed by atoms with Crippen molar-refractivity contribution in [1.29, 1.82) is 0 Å². The lowest BCUT2D eigenvalue weighted by molar-refractivity contribution is -0.384. The monoisotopic (exact) mass is 893 g/mol. The van der Waals surface area contributed by atoms with Crippen LogP contribution in [0.25, 0.3) is 6.08 Å². The summed E-state index contributed by atoms with van der Waals surface area (Å²) in [5, 5.41) is 36.2. The van der Waals surface area contributed by atoms with Crippen LogP contribution in [0.3, 0.4) is 0 Å². The van der Waals surface area contributed by atoms with E-state index >= 15 is 0 Å². The molecule has 14 heteroatoms. The third-order valence-corrected chi connectivity index (χ3v) is 12.3. The minimum Gasteiger partial charge on any atom is -0.496 e. The number of carbonyl (C=O) groups excluding carboxylic acids is 2. The SMILES string of the molecule is C=CCO[C@@]12Oc3ccc(Oc4ccc(OC)c(C=O)c4)cc3[C@H]3[C@H](CCCCO)[C@@H](CCCCO)C=C(C(=NOC(C)(C)C)C[C@@H]1N(CCC)C(=O)C=Cc1ccc([N+](=O)[O-])cc1)[C@H]32. The highest BCUT2D eigenvalue weighted by atomic mass is 16.7. The fourth-order valence-electron chi connectivity index (χ4n) is 9.54. The number of oxime groups is 1. The van der Waals surface area contributed by atoms with Gasteiger partial charge in [-0.05, 0) is 130 Å². The van der Waals surface area contributed by atoms with Crippen LogP contribution < -0.4 is 14.2 Å². The molecule has 1 saturated carbocycles. The number of methoxy groups -OCH3 is 1. The van der Waals surface area contributed by atoms with Crippen LogP contribution >= 0.6 is 0 Å². The molecule has 65 heavy (non-hydrogen) atoms. The number of nitrogens with zero attached hydrogens (tertiary/aromatic N) is 3. The second-order valence-electron chi connectivity index (χ2n) is 17.8. The first-order chi connectivity index (χ1) is 31.3. The molecule has 0 radical (unpaired) electrons. The van der Waals surface area contributed by atoms with Crippen molar-refractivity contribution < 1.29 is 48.5 Å². The second-order valence-corrected chi connectivity index (χ2v) is 17.8. The number of rotatable bonds is 22. The van der Waals surface area contributed by atoms with Crippen LogP contribution in [0.5, 0.6) is 23.0 Å². The van der Waals surface area contributed by atoms with E-state index in [0.717, 1.165) is 43.1 Å². The number of aliphatic hydroxyl groups is 2. The minimum absolute atomic E-state index is 0.0119. The van der Waals surface area contributed by atoms with E-state index in [1.807, 2.05) is 45.9 Å². The van der Waals surface area contributed by atoms with Crippen molar-refractivity contribution in [2.45, 2.75) is 102 Å². The maximum absolute atomic E-state index is 14.8. The molecule has 0 spiro atoms.